The first-order valence-corrected chi connectivity index (χ1v) is 8.05. The molecule has 114 valence electrons. The van der Waals surface area contributed by atoms with Gasteiger partial charge < -0.3 is 14.6 Å². The minimum atomic E-state index is 0.657. The number of hydrogen-bond donors (Lipinski definition) is 1. The van der Waals surface area contributed by atoms with Crippen molar-refractivity contribution in [3.8, 4) is 0 Å². The van der Waals surface area contributed by atoms with Crippen LogP contribution in [0, 0.1) is 5.92 Å². The minimum Gasteiger partial charge on any atom is -0.383 e. The zero-order valence-electron chi connectivity index (χ0n) is 13.0. The number of hydrogen-bond acceptors (Lipinski definition) is 3. The Balaban J connectivity index is 1.82. The Hall–Kier alpha value is -0.870. The van der Waals surface area contributed by atoms with Gasteiger partial charge in [0.2, 0.25) is 0 Å². The highest BCUT2D eigenvalue weighted by atomic mass is 16.5. The summed E-state index contributed by atoms with van der Waals surface area (Å²) in [6.45, 7) is 4.84. The normalized spacial score (nSPS) is 23.1. The summed E-state index contributed by atoms with van der Waals surface area (Å²) in [5, 5.41) is 3.41. The molecule has 20 heavy (non-hydrogen) atoms. The highest BCUT2D eigenvalue weighted by Gasteiger charge is 2.22. The monoisotopic (exact) mass is 279 g/mol. The summed E-state index contributed by atoms with van der Waals surface area (Å²) in [6.07, 6.45) is 12.1. The number of ether oxygens (including phenoxy) is 1. The molecule has 0 amide bonds. The van der Waals surface area contributed by atoms with Gasteiger partial charge in [-0.1, -0.05) is 19.8 Å². The van der Waals surface area contributed by atoms with Crippen LogP contribution in [0.15, 0.2) is 12.5 Å². The summed E-state index contributed by atoms with van der Waals surface area (Å²) >= 11 is 0. The van der Waals surface area contributed by atoms with Crippen molar-refractivity contribution in [2.45, 2.75) is 58.0 Å². The first-order chi connectivity index (χ1) is 9.85. The van der Waals surface area contributed by atoms with Crippen LogP contribution in [0.5, 0.6) is 0 Å². The molecular weight excluding hydrogens is 250 g/mol. The molecule has 1 aliphatic rings. The molecule has 2 rings (SSSR count). The molecule has 0 unspecified atom stereocenters. The second kappa shape index (κ2) is 8.42. The molecule has 0 aliphatic heterocycles. The summed E-state index contributed by atoms with van der Waals surface area (Å²) in [5.41, 5.74) is 1.31. The van der Waals surface area contributed by atoms with E-state index in [0.29, 0.717) is 6.04 Å². The van der Waals surface area contributed by atoms with Crippen molar-refractivity contribution in [2.24, 2.45) is 5.92 Å². The Kier molecular flexibility index (Phi) is 6.54. The fourth-order valence-electron chi connectivity index (χ4n) is 3.31. The van der Waals surface area contributed by atoms with E-state index in [2.05, 4.69) is 21.8 Å². The number of methoxy groups -OCH3 is 1. The minimum absolute atomic E-state index is 0.657. The van der Waals surface area contributed by atoms with Crippen molar-refractivity contribution in [1.82, 2.24) is 14.9 Å². The van der Waals surface area contributed by atoms with Crippen molar-refractivity contribution < 1.29 is 4.74 Å². The van der Waals surface area contributed by atoms with Crippen LogP contribution in [-0.2, 0) is 11.3 Å². The Labute approximate surface area is 122 Å². The average molecular weight is 279 g/mol. The largest absolute Gasteiger partial charge is 0.383 e. The maximum atomic E-state index is 5.06. The number of imidazole rings is 1. The fraction of sp³-hybridized carbons (Fsp3) is 0.812. The van der Waals surface area contributed by atoms with Crippen LogP contribution in [0.1, 0.15) is 57.2 Å². The predicted octanol–water partition coefficient (Wildman–Crippen LogP) is 3.15. The molecule has 1 aromatic heterocycles. The van der Waals surface area contributed by atoms with Crippen LogP contribution in [0.2, 0.25) is 0 Å². The second-order valence-corrected chi connectivity index (χ2v) is 5.93. The van der Waals surface area contributed by atoms with Gasteiger partial charge in [0, 0.05) is 32.4 Å². The SMILES string of the molecule is CCCC1CCC(n2cncc2CNCCOC)CC1. The molecule has 1 aliphatic carbocycles. The van der Waals surface area contributed by atoms with E-state index < -0.39 is 0 Å². The van der Waals surface area contributed by atoms with Crippen LogP contribution < -0.4 is 5.32 Å². The number of nitrogens with zero attached hydrogens (tertiary/aromatic N) is 2. The maximum absolute atomic E-state index is 5.06. The lowest BCUT2D eigenvalue weighted by Crippen LogP contribution is -2.23. The summed E-state index contributed by atoms with van der Waals surface area (Å²) in [4.78, 5) is 4.34. The van der Waals surface area contributed by atoms with Gasteiger partial charge in [-0.05, 0) is 31.6 Å². The number of nitrogens with one attached hydrogen (secondary N) is 1. The second-order valence-electron chi connectivity index (χ2n) is 5.93. The van der Waals surface area contributed by atoms with Gasteiger partial charge in [-0.3, -0.25) is 0 Å². The van der Waals surface area contributed by atoms with Crippen LogP contribution in [0.3, 0.4) is 0 Å². The van der Waals surface area contributed by atoms with Crippen molar-refractivity contribution in [1.29, 1.82) is 0 Å². The number of aromatic nitrogens is 2. The van der Waals surface area contributed by atoms with E-state index in [1.165, 1.54) is 44.2 Å². The van der Waals surface area contributed by atoms with E-state index in [-0.39, 0.29) is 0 Å². The molecule has 1 fully saturated rings. The summed E-state index contributed by atoms with van der Waals surface area (Å²) in [7, 11) is 1.74. The summed E-state index contributed by atoms with van der Waals surface area (Å²) in [5.74, 6) is 0.961. The van der Waals surface area contributed by atoms with E-state index >= 15 is 0 Å². The number of rotatable bonds is 8. The van der Waals surface area contributed by atoms with Gasteiger partial charge in [-0.25, -0.2) is 4.98 Å². The van der Waals surface area contributed by atoms with E-state index in [1.807, 2.05) is 12.5 Å². The topological polar surface area (TPSA) is 39.1 Å². The van der Waals surface area contributed by atoms with Gasteiger partial charge in [0.05, 0.1) is 18.6 Å². The predicted molar refractivity (Wildman–Crippen MR) is 81.7 cm³/mol. The third-order valence-electron chi connectivity index (χ3n) is 4.44. The first kappa shape index (κ1) is 15.5. The van der Waals surface area contributed by atoms with Crippen molar-refractivity contribution >= 4 is 0 Å². The average Bonchev–Trinajstić information content (AvgIpc) is 2.93. The Morgan fingerprint density at radius 1 is 1.35 bits per heavy atom. The molecule has 0 spiro atoms. The summed E-state index contributed by atoms with van der Waals surface area (Å²) in [6, 6.07) is 0.657. The Bertz CT molecular complexity index is 370. The van der Waals surface area contributed by atoms with E-state index in [0.717, 1.165) is 25.6 Å². The molecule has 0 atom stereocenters. The lowest BCUT2D eigenvalue weighted by atomic mass is 9.83. The van der Waals surface area contributed by atoms with Crippen LogP contribution >= 0.6 is 0 Å². The van der Waals surface area contributed by atoms with E-state index in [9.17, 15) is 0 Å². The molecule has 1 heterocycles. The standard InChI is InChI=1S/C16H29N3O/c1-3-4-14-5-7-15(8-6-14)19-13-18-12-16(19)11-17-9-10-20-2/h12-15,17H,3-11H2,1-2H3. The first-order valence-electron chi connectivity index (χ1n) is 8.05. The molecular formula is C16H29N3O. The third-order valence-corrected chi connectivity index (χ3v) is 4.44. The van der Waals surface area contributed by atoms with Gasteiger partial charge in [-0.15, -0.1) is 0 Å². The fourth-order valence-corrected chi connectivity index (χ4v) is 3.31. The van der Waals surface area contributed by atoms with Crippen molar-refractivity contribution in [3.63, 3.8) is 0 Å². The Morgan fingerprint density at radius 3 is 2.85 bits per heavy atom. The third kappa shape index (κ3) is 4.32. The molecule has 1 aromatic rings. The van der Waals surface area contributed by atoms with Gasteiger partial charge in [0.25, 0.3) is 0 Å². The maximum Gasteiger partial charge on any atom is 0.0951 e. The zero-order valence-corrected chi connectivity index (χ0v) is 13.0. The lowest BCUT2D eigenvalue weighted by Gasteiger charge is -2.30. The molecule has 4 nitrogen and oxygen atoms in total. The molecule has 0 radical (unpaired) electrons. The van der Waals surface area contributed by atoms with Crippen LogP contribution in [0.4, 0.5) is 0 Å². The molecule has 1 N–H and O–H groups in total. The Morgan fingerprint density at radius 2 is 2.15 bits per heavy atom. The highest BCUT2D eigenvalue weighted by molar-refractivity contribution is 5.01. The quantitative estimate of drug-likeness (QED) is 0.743. The van der Waals surface area contributed by atoms with Crippen molar-refractivity contribution in [3.05, 3.63) is 18.2 Å². The van der Waals surface area contributed by atoms with Gasteiger partial charge >= 0.3 is 0 Å². The van der Waals surface area contributed by atoms with E-state index in [1.54, 1.807) is 7.11 Å². The lowest BCUT2D eigenvalue weighted by molar-refractivity contribution is 0.198. The molecule has 0 aromatic carbocycles. The smallest absolute Gasteiger partial charge is 0.0951 e. The molecule has 1 saturated carbocycles. The molecule has 0 saturated heterocycles. The van der Waals surface area contributed by atoms with Gasteiger partial charge in [0.1, 0.15) is 0 Å². The highest BCUT2D eigenvalue weighted by Crippen LogP contribution is 2.34. The van der Waals surface area contributed by atoms with Crippen molar-refractivity contribution in [2.75, 3.05) is 20.3 Å². The molecule has 4 heteroatoms. The van der Waals surface area contributed by atoms with Crippen LogP contribution in [0.25, 0.3) is 0 Å². The van der Waals surface area contributed by atoms with Gasteiger partial charge in [-0.2, -0.15) is 0 Å². The van der Waals surface area contributed by atoms with E-state index in [4.69, 9.17) is 4.74 Å². The summed E-state index contributed by atoms with van der Waals surface area (Å²) < 4.78 is 7.45. The molecule has 0 bridgehead atoms. The zero-order chi connectivity index (χ0) is 14.2. The van der Waals surface area contributed by atoms with Gasteiger partial charge in [0.15, 0.2) is 0 Å². The van der Waals surface area contributed by atoms with Crippen LogP contribution in [-0.4, -0.2) is 29.8 Å².